The normalized spacial score (nSPS) is 11.8. The van der Waals surface area contributed by atoms with Gasteiger partial charge in [-0.15, -0.1) is 0 Å². The fourth-order valence-corrected chi connectivity index (χ4v) is 12.6. The van der Waals surface area contributed by atoms with Crippen molar-refractivity contribution >= 4 is 75.9 Å². The molecule has 0 saturated carbocycles. The van der Waals surface area contributed by atoms with Gasteiger partial charge in [0.15, 0.2) is 0 Å². The van der Waals surface area contributed by atoms with Crippen molar-refractivity contribution in [2.24, 2.45) is 0 Å². The summed E-state index contributed by atoms with van der Waals surface area (Å²) in [6, 6.07) is 92.9. The Kier molecular flexibility index (Phi) is 9.91. The van der Waals surface area contributed by atoms with Crippen LogP contribution in [0, 0.1) is 0 Å². The van der Waals surface area contributed by atoms with Crippen molar-refractivity contribution in [1.82, 2.24) is 18.8 Å². The molecule has 0 bridgehead atoms. The summed E-state index contributed by atoms with van der Waals surface area (Å²) in [6.07, 6.45) is 8.55. The number of hydrogen-bond donors (Lipinski definition) is 0. The molecule has 16 aromatic rings. The molecule has 0 radical (unpaired) electrons. The summed E-state index contributed by atoms with van der Waals surface area (Å²) in [7, 11) is 0. The van der Waals surface area contributed by atoms with Crippen LogP contribution in [0.2, 0.25) is 0 Å². The van der Waals surface area contributed by atoms with Gasteiger partial charge in [-0.1, -0.05) is 218 Å². The Bertz CT molecular complexity index is 4940. The lowest BCUT2D eigenvalue weighted by atomic mass is 9.84. The minimum Gasteiger partial charge on any atom is -0.306 e. The van der Waals surface area contributed by atoms with E-state index in [0.717, 1.165) is 44.9 Å². The zero-order chi connectivity index (χ0) is 51.3. The van der Waals surface area contributed by atoms with Crippen LogP contribution in [0.1, 0.15) is 0 Å². The van der Waals surface area contributed by atoms with Gasteiger partial charge in [-0.2, -0.15) is 0 Å². The van der Waals surface area contributed by atoms with Crippen molar-refractivity contribution < 1.29 is 0 Å². The van der Waals surface area contributed by atoms with E-state index in [0.29, 0.717) is 0 Å². The standard InChI is InChI=1S/C74H46N4/c1-2-16-48(17-3-1)71-62-24-10-12-26-64(62)74(65-27-13-11-25-63(65)71)66-39-38-57(55-18-4-5-19-56(55)66)68-46-78-44-54(37-40-70(78)76-68)52-34-33-51-43-53(36-35-50(51)42-52)73-60-22-8-6-20-58(60)72(59-21-7-9-23-61(59)73)49-31-29-47(30-32-49)67-45-77-41-15-14-28-69(77)75-67/h1-46H. The highest BCUT2D eigenvalue weighted by Crippen LogP contribution is 2.48. The Labute approximate surface area is 450 Å². The van der Waals surface area contributed by atoms with Gasteiger partial charge in [-0.05, 0) is 157 Å². The Morgan fingerprint density at radius 1 is 0.231 bits per heavy atom. The molecule has 0 N–H and O–H groups in total. The van der Waals surface area contributed by atoms with Crippen LogP contribution in [-0.2, 0) is 0 Å². The fourth-order valence-electron chi connectivity index (χ4n) is 12.6. The third kappa shape index (κ3) is 7.01. The van der Waals surface area contributed by atoms with E-state index in [1.165, 1.54) is 109 Å². The number of nitrogens with zero attached hydrogens (tertiary/aromatic N) is 4. The molecule has 362 valence electrons. The smallest absolute Gasteiger partial charge is 0.137 e. The van der Waals surface area contributed by atoms with E-state index in [9.17, 15) is 0 Å². The molecule has 0 unspecified atom stereocenters. The molecule has 4 nitrogen and oxygen atoms in total. The minimum absolute atomic E-state index is 0.909. The third-order valence-electron chi connectivity index (χ3n) is 16.1. The lowest BCUT2D eigenvalue weighted by Crippen LogP contribution is -1.92. The van der Waals surface area contributed by atoms with Crippen LogP contribution in [0.15, 0.2) is 280 Å². The molecule has 0 fully saturated rings. The van der Waals surface area contributed by atoms with Crippen LogP contribution in [0.4, 0.5) is 0 Å². The fraction of sp³-hybridized carbons (Fsp3) is 0. The van der Waals surface area contributed by atoms with Crippen molar-refractivity contribution in [3.63, 3.8) is 0 Å². The number of fused-ring (bicyclic) bond motifs is 8. The molecular formula is C74H46N4. The number of benzene rings is 12. The topological polar surface area (TPSA) is 34.6 Å². The number of imidazole rings is 2. The van der Waals surface area contributed by atoms with Gasteiger partial charge < -0.3 is 8.80 Å². The first-order valence-corrected chi connectivity index (χ1v) is 26.7. The van der Waals surface area contributed by atoms with Gasteiger partial charge in [0.05, 0.1) is 11.4 Å². The second-order valence-corrected chi connectivity index (χ2v) is 20.5. The van der Waals surface area contributed by atoms with Gasteiger partial charge in [0, 0.05) is 35.9 Å². The summed E-state index contributed by atoms with van der Waals surface area (Å²) >= 11 is 0. The van der Waals surface area contributed by atoms with Crippen molar-refractivity contribution in [1.29, 1.82) is 0 Å². The van der Waals surface area contributed by atoms with Gasteiger partial charge in [-0.3, -0.25) is 0 Å². The van der Waals surface area contributed by atoms with Crippen LogP contribution >= 0.6 is 0 Å². The Morgan fingerprint density at radius 3 is 1.24 bits per heavy atom. The molecule has 12 aromatic carbocycles. The molecule has 0 aliphatic rings. The minimum atomic E-state index is 0.909. The number of hydrogen-bond acceptors (Lipinski definition) is 2. The van der Waals surface area contributed by atoms with Crippen LogP contribution in [0.25, 0.3) is 154 Å². The predicted octanol–water partition coefficient (Wildman–Crippen LogP) is 19.6. The molecule has 0 aliphatic carbocycles. The van der Waals surface area contributed by atoms with E-state index in [1.807, 2.05) is 24.4 Å². The highest BCUT2D eigenvalue weighted by Gasteiger charge is 2.21. The highest BCUT2D eigenvalue weighted by atomic mass is 15.0. The lowest BCUT2D eigenvalue weighted by Gasteiger charge is -2.19. The average molecular weight is 991 g/mol. The van der Waals surface area contributed by atoms with E-state index in [1.54, 1.807) is 0 Å². The summed E-state index contributed by atoms with van der Waals surface area (Å²) in [5.74, 6) is 0. The number of rotatable bonds is 7. The van der Waals surface area contributed by atoms with Crippen molar-refractivity contribution in [3.8, 4) is 78.1 Å². The van der Waals surface area contributed by atoms with Gasteiger partial charge in [0.1, 0.15) is 11.3 Å². The average Bonchev–Trinajstić information content (AvgIpc) is 4.29. The first-order chi connectivity index (χ1) is 38.7. The van der Waals surface area contributed by atoms with Gasteiger partial charge >= 0.3 is 0 Å². The largest absolute Gasteiger partial charge is 0.306 e. The zero-order valence-corrected chi connectivity index (χ0v) is 42.3. The Morgan fingerprint density at radius 2 is 0.641 bits per heavy atom. The Balaban J connectivity index is 0.745. The van der Waals surface area contributed by atoms with E-state index >= 15 is 0 Å². The Hall–Kier alpha value is -10.4. The molecule has 0 atom stereocenters. The third-order valence-corrected chi connectivity index (χ3v) is 16.1. The summed E-state index contributed by atoms with van der Waals surface area (Å²) < 4.78 is 4.25. The zero-order valence-electron chi connectivity index (χ0n) is 42.3. The molecule has 78 heavy (non-hydrogen) atoms. The quantitative estimate of drug-likeness (QED) is 0.149. The second-order valence-electron chi connectivity index (χ2n) is 20.5. The van der Waals surface area contributed by atoms with Crippen LogP contribution in [-0.4, -0.2) is 18.8 Å². The maximum Gasteiger partial charge on any atom is 0.137 e. The first-order valence-electron chi connectivity index (χ1n) is 26.7. The molecule has 0 spiro atoms. The molecule has 0 saturated heterocycles. The number of pyridine rings is 2. The van der Waals surface area contributed by atoms with Gasteiger partial charge in [-0.25, -0.2) is 9.97 Å². The van der Waals surface area contributed by atoms with Gasteiger partial charge in [0.25, 0.3) is 0 Å². The SMILES string of the molecule is c1ccc(-c2c3ccccc3c(-c3ccc(-c4cn5cc(-c6ccc7cc(-c8c9ccccc9c(-c9ccc(-c%10cn%11ccccc%11n%10)cc9)c9ccccc89)ccc7c6)ccc5n4)c4ccccc34)c3ccccc23)cc1. The van der Waals surface area contributed by atoms with E-state index in [2.05, 4.69) is 264 Å². The van der Waals surface area contributed by atoms with E-state index in [-0.39, 0.29) is 0 Å². The van der Waals surface area contributed by atoms with Crippen LogP contribution in [0.3, 0.4) is 0 Å². The molecule has 0 amide bonds. The maximum atomic E-state index is 5.25. The molecule has 4 heterocycles. The predicted molar refractivity (Wildman–Crippen MR) is 327 cm³/mol. The second kappa shape index (κ2) is 17.6. The van der Waals surface area contributed by atoms with Crippen molar-refractivity contribution in [2.45, 2.75) is 0 Å². The molecular weight excluding hydrogens is 945 g/mol. The van der Waals surface area contributed by atoms with Gasteiger partial charge in [0.2, 0.25) is 0 Å². The van der Waals surface area contributed by atoms with E-state index < -0.39 is 0 Å². The van der Waals surface area contributed by atoms with E-state index in [4.69, 9.17) is 9.97 Å². The molecule has 16 rings (SSSR count). The van der Waals surface area contributed by atoms with Crippen molar-refractivity contribution in [3.05, 3.63) is 280 Å². The highest BCUT2D eigenvalue weighted by molar-refractivity contribution is 6.25. The summed E-state index contributed by atoms with van der Waals surface area (Å²) in [6.45, 7) is 0. The van der Waals surface area contributed by atoms with Crippen LogP contribution in [0.5, 0.6) is 0 Å². The first kappa shape index (κ1) is 43.9. The monoisotopic (exact) mass is 990 g/mol. The van der Waals surface area contributed by atoms with Crippen molar-refractivity contribution in [2.75, 3.05) is 0 Å². The molecule has 0 aliphatic heterocycles. The summed E-state index contributed by atoms with van der Waals surface area (Å²) in [5, 5.41) is 14.7. The molecule has 4 heteroatoms. The maximum absolute atomic E-state index is 5.25. The summed E-state index contributed by atoms with van der Waals surface area (Å²) in [4.78, 5) is 10.1. The number of aromatic nitrogens is 4. The lowest BCUT2D eigenvalue weighted by molar-refractivity contribution is 1.19. The summed E-state index contributed by atoms with van der Waals surface area (Å²) in [5.41, 5.74) is 18.1. The molecule has 4 aromatic heterocycles. The van der Waals surface area contributed by atoms with Crippen LogP contribution < -0.4 is 0 Å².